The molecule has 186 valence electrons. The summed E-state index contributed by atoms with van der Waals surface area (Å²) in [5.74, 6) is -0.879. The summed E-state index contributed by atoms with van der Waals surface area (Å²) in [5, 5.41) is 2.87. The topological polar surface area (TPSA) is 75.7 Å². The smallest absolute Gasteiger partial charge is 0.416 e. The molecule has 3 aromatic carbocycles. The van der Waals surface area contributed by atoms with Crippen LogP contribution in [0.1, 0.15) is 11.1 Å². The Bertz CT molecular complexity index is 1370. The SMILES string of the molecule is COc1ccc(C)cc1S(=O)(=O)N(CC(=O)Nc1ccc(Cl)cc1Cl)c1cccc(C(F)(F)F)c1. The predicted molar refractivity (Wildman–Crippen MR) is 129 cm³/mol. The molecule has 12 heteroatoms. The summed E-state index contributed by atoms with van der Waals surface area (Å²) in [5.41, 5.74) is -0.727. The molecule has 0 saturated heterocycles. The third kappa shape index (κ3) is 6.19. The Hall–Kier alpha value is -2.95. The summed E-state index contributed by atoms with van der Waals surface area (Å²) >= 11 is 11.9. The van der Waals surface area contributed by atoms with Crippen LogP contribution in [0.4, 0.5) is 24.5 Å². The van der Waals surface area contributed by atoms with Gasteiger partial charge in [0.1, 0.15) is 17.2 Å². The maximum Gasteiger partial charge on any atom is 0.416 e. The minimum absolute atomic E-state index is 0.0336. The van der Waals surface area contributed by atoms with Crippen LogP contribution in [0.5, 0.6) is 5.75 Å². The summed E-state index contributed by atoms with van der Waals surface area (Å²) < 4.78 is 73.1. The van der Waals surface area contributed by atoms with Crippen molar-refractivity contribution in [3.05, 3.63) is 81.8 Å². The van der Waals surface area contributed by atoms with Gasteiger partial charge in [-0.3, -0.25) is 9.10 Å². The van der Waals surface area contributed by atoms with E-state index in [1.165, 1.54) is 37.4 Å². The number of ether oxygens (including phenoxy) is 1. The Labute approximate surface area is 210 Å². The van der Waals surface area contributed by atoms with Gasteiger partial charge in [-0.05, 0) is 61.0 Å². The maximum atomic E-state index is 13.7. The molecule has 0 aliphatic heterocycles. The number of hydrogen-bond acceptors (Lipinski definition) is 4. The Morgan fingerprint density at radius 3 is 2.40 bits per heavy atom. The third-order valence-corrected chi connectivity index (χ3v) is 7.18. The minimum atomic E-state index is -4.73. The van der Waals surface area contributed by atoms with Crippen LogP contribution < -0.4 is 14.4 Å². The van der Waals surface area contributed by atoms with Crippen molar-refractivity contribution in [3.8, 4) is 5.75 Å². The van der Waals surface area contributed by atoms with Crippen molar-refractivity contribution in [1.82, 2.24) is 0 Å². The first-order chi connectivity index (χ1) is 16.3. The zero-order chi connectivity index (χ0) is 26.0. The Morgan fingerprint density at radius 1 is 1.06 bits per heavy atom. The zero-order valence-corrected chi connectivity index (χ0v) is 20.7. The van der Waals surface area contributed by atoms with E-state index in [-0.39, 0.29) is 27.0 Å². The number of anilines is 2. The van der Waals surface area contributed by atoms with E-state index in [0.717, 1.165) is 18.2 Å². The highest BCUT2D eigenvalue weighted by atomic mass is 35.5. The highest BCUT2D eigenvalue weighted by Gasteiger charge is 2.34. The molecule has 0 aromatic heterocycles. The molecule has 0 heterocycles. The predicted octanol–water partition coefficient (Wildman–Crippen LogP) is 6.16. The second kappa shape index (κ2) is 10.3. The van der Waals surface area contributed by atoms with Crippen molar-refractivity contribution < 1.29 is 31.1 Å². The summed E-state index contributed by atoms with van der Waals surface area (Å²) in [7, 11) is -3.30. The number of amides is 1. The van der Waals surface area contributed by atoms with Crippen LogP contribution in [0, 0.1) is 6.92 Å². The lowest BCUT2D eigenvalue weighted by molar-refractivity contribution is -0.137. The Kier molecular flexibility index (Phi) is 7.88. The normalized spacial score (nSPS) is 11.7. The molecule has 1 amide bonds. The van der Waals surface area contributed by atoms with Crippen molar-refractivity contribution in [3.63, 3.8) is 0 Å². The van der Waals surface area contributed by atoms with Crippen LogP contribution in [0.25, 0.3) is 0 Å². The van der Waals surface area contributed by atoms with Gasteiger partial charge in [0.25, 0.3) is 10.0 Å². The van der Waals surface area contributed by atoms with Crippen molar-refractivity contribution in [2.75, 3.05) is 23.3 Å². The van der Waals surface area contributed by atoms with Crippen molar-refractivity contribution >= 4 is 50.5 Å². The van der Waals surface area contributed by atoms with Gasteiger partial charge < -0.3 is 10.1 Å². The molecule has 1 N–H and O–H groups in total. The molecular formula is C23H19Cl2F3N2O4S. The van der Waals surface area contributed by atoms with E-state index in [1.807, 2.05) is 0 Å². The molecule has 0 bridgehead atoms. The molecule has 6 nitrogen and oxygen atoms in total. The number of aryl methyl sites for hydroxylation is 1. The number of halogens is 5. The lowest BCUT2D eigenvalue weighted by Gasteiger charge is -2.26. The van der Waals surface area contributed by atoms with Crippen LogP contribution >= 0.6 is 23.2 Å². The van der Waals surface area contributed by atoms with Crippen LogP contribution in [0.15, 0.2) is 65.6 Å². The standard InChI is InChI=1S/C23H19Cl2F3N2O4S/c1-14-6-9-20(34-2)21(10-14)35(32,33)30(17-5-3-4-15(11-17)23(26,27)28)13-22(31)29-19-8-7-16(24)12-18(19)25/h3-12H,13H2,1-2H3,(H,29,31). The van der Waals surface area contributed by atoms with Gasteiger partial charge >= 0.3 is 6.18 Å². The number of alkyl halides is 3. The van der Waals surface area contributed by atoms with E-state index in [2.05, 4.69) is 5.32 Å². The fourth-order valence-electron chi connectivity index (χ4n) is 3.17. The van der Waals surface area contributed by atoms with Gasteiger partial charge in [-0.1, -0.05) is 35.3 Å². The molecular weight excluding hydrogens is 528 g/mol. The summed E-state index contributed by atoms with van der Waals surface area (Å²) in [6.07, 6.45) is -4.73. The molecule has 0 spiro atoms. The molecule has 0 fully saturated rings. The Morgan fingerprint density at radius 2 is 1.77 bits per heavy atom. The molecule has 0 aliphatic carbocycles. The van der Waals surface area contributed by atoms with E-state index in [0.29, 0.717) is 21.0 Å². The van der Waals surface area contributed by atoms with Gasteiger partial charge in [-0.2, -0.15) is 13.2 Å². The van der Waals surface area contributed by atoms with Crippen molar-refractivity contribution in [2.45, 2.75) is 18.0 Å². The molecule has 35 heavy (non-hydrogen) atoms. The lowest BCUT2D eigenvalue weighted by Crippen LogP contribution is -2.38. The highest BCUT2D eigenvalue weighted by Crippen LogP contribution is 2.35. The highest BCUT2D eigenvalue weighted by molar-refractivity contribution is 7.93. The average molecular weight is 547 g/mol. The second-order valence-electron chi connectivity index (χ2n) is 7.39. The molecule has 0 aliphatic rings. The monoisotopic (exact) mass is 546 g/mol. The fraction of sp³-hybridized carbons (Fsp3) is 0.174. The molecule has 0 radical (unpaired) electrons. The number of carbonyl (C=O) groups is 1. The molecule has 0 saturated carbocycles. The van der Waals surface area contributed by atoms with Crippen molar-refractivity contribution in [1.29, 1.82) is 0 Å². The molecule has 3 aromatic rings. The van der Waals surface area contributed by atoms with Gasteiger partial charge in [0.05, 0.1) is 29.1 Å². The largest absolute Gasteiger partial charge is 0.495 e. The van der Waals surface area contributed by atoms with E-state index >= 15 is 0 Å². The van der Waals surface area contributed by atoms with Crippen molar-refractivity contribution in [2.24, 2.45) is 0 Å². The van der Waals surface area contributed by atoms with Crippen LogP contribution in [-0.4, -0.2) is 28.0 Å². The molecule has 0 unspecified atom stereocenters. The van der Waals surface area contributed by atoms with Crippen LogP contribution in [0.3, 0.4) is 0 Å². The van der Waals surface area contributed by atoms with Gasteiger partial charge in [0.2, 0.25) is 5.91 Å². The number of methoxy groups -OCH3 is 1. The lowest BCUT2D eigenvalue weighted by atomic mass is 10.2. The van der Waals surface area contributed by atoms with Crippen LogP contribution in [-0.2, 0) is 21.0 Å². The minimum Gasteiger partial charge on any atom is -0.495 e. The van der Waals surface area contributed by atoms with Gasteiger partial charge in [0, 0.05) is 5.02 Å². The number of rotatable bonds is 7. The molecule has 3 rings (SSSR count). The second-order valence-corrected chi connectivity index (χ2v) is 10.1. The van der Waals surface area contributed by atoms with E-state index in [9.17, 15) is 26.4 Å². The number of nitrogens with zero attached hydrogens (tertiary/aromatic N) is 1. The average Bonchev–Trinajstić information content (AvgIpc) is 2.78. The van der Waals surface area contributed by atoms with Gasteiger partial charge in [-0.15, -0.1) is 0 Å². The van der Waals surface area contributed by atoms with E-state index in [4.69, 9.17) is 27.9 Å². The number of hydrogen-bond donors (Lipinski definition) is 1. The number of benzene rings is 3. The number of sulfonamides is 1. The first kappa shape index (κ1) is 26.7. The van der Waals surface area contributed by atoms with Gasteiger partial charge in [0.15, 0.2) is 0 Å². The maximum absolute atomic E-state index is 13.7. The van der Waals surface area contributed by atoms with Crippen LogP contribution in [0.2, 0.25) is 10.0 Å². The molecule has 0 atom stereocenters. The quantitative estimate of drug-likeness (QED) is 0.385. The van der Waals surface area contributed by atoms with E-state index < -0.39 is 34.2 Å². The number of nitrogens with one attached hydrogen (secondary N) is 1. The Balaban J connectivity index is 2.09. The number of carbonyl (C=O) groups excluding carboxylic acids is 1. The third-order valence-electron chi connectivity index (χ3n) is 4.84. The first-order valence-electron chi connectivity index (χ1n) is 9.92. The van der Waals surface area contributed by atoms with Gasteiger partial charge in [-0.25, -0.2) is 8.42 Å². The fourth-order valence-corrected chi connectivity index (χ4v) is 5.28. The first-order valence-corrected chi connectivity index (χ1v) is 12.1. The summed E-state index contributed by atoms with van der Waals surface area (Å²) in [4.78, 5) is 12.5. The van der Waals surface area contributed by atoms with E-state index in [1.54, 1.807) is 13.0 Å². The summed E-state index contributed by atoms with van der Waals surface area (Å²) in [6.45, 7) is 0.794. The summed E-state index contributed by atoms with van der Waals surface area (Å²) in [6, 6.07) is 12.3. The zero-order valence-electron chi connectivity index (χ0n) is 18.4.